The van der Waals surface area contributed by atoms with Gasteiger partial charge in [-0.15, -0.1) is 0 Å². The van der Waals surface area contributed by atoms with Gasteiger partial charge in [-0.25, -0.2) is 4.79 Å². The third-order valence-corrected chi connectivity index (χ3v) is 2.95. The summed E-state index contributed by atoms with van der Waals surface area (Å²) >= 11 is 0. The molecule has 0 bridgehead atoms. The van der Waals surface area contributed by atoms with E-state index in [0.717, 1.165) is 13.0 Å². The summed E-state index contributed by atoms with van der Waals surface area (Å²) in [6, 6.07) is 0. The number of amides is 2. The van der Waals surface area contributed by atoms with Crippen LogP contribution in [0, 0.1) is 0 Å². The Balaban J connectivity index is 2.03. The Morgan fingerprint density at radius 2 is 2.14 bits per heavy atom. The summed E-state index contributed by atoms with van der Waals surface area (Å²) in [7, 11) is 0. The highest BCUT2D eigenvalue weighted by Gasteiger charge is 2.22. The van der Waals surface area contributed by atoms with Crippen LogP contribution < -0.4 is 10.6 Å². The normalized spacial score (nSPS) is 17.0. The number of likely N-dealkylation sites (tertiary alicyclic amines) is 1. The number of nitrogens with zero attached hydrogens (tertiary/aromatic N) is 1. The van der Waals surface area contributed by atoms with Gasteiger partial charge in [-0.3, -0.25) is 4.79 Å². The molecule has 0 radical (unpaired) electrons. The van der Waals surface area contributed by atoms with E-state index in [0.29, 0.717) is 32.6 Å². The van der Waals surface area contributed by atoms with Crippen molar-refractivity contribution in [2.75, 3.05) is 32.7 Å². The number of hydrogen-bond donors (Lipinski definition) is 3. The minimum absolute atomic E-state index is 0.112. The number of β-amino-alcohol motifs (C(OH)–C–C–N with tert-alkyl or cyclic N) is 1. The average molecular weight is 301 g/mol. The highest BCUT2D eigenvalue weighted by molar-refractivity contribution is 5.78. The maximum absolute atomic E-state index is 11.4. The highest BCUT2D eigenvalue weighted by atomic mass is 16.6. The molecule has 1 aliphatic heterocycles. The number of aliphatic hydroxyl groups is 1. The summed E-state index contributed by atoms with van der Waals surface area (Å²) in [5, 5.41) is 15.5. The number of hydrogen-bond acceptors (Lipinski definition) is 5. The second-order valence-corrected chi connectivity index (χ2v) is 6.23. The van der Waals surface area contributed by atoms with Crippen LogP contribution in [0.25, 0.3) is 0 Å². The molecule has 2 amide bonds. The second-order valence-electron chi connectivity index (χ2n) is 6.23. The van der Waals surface area contributed by atoms with Crippen LogP contribution >= 0.6 is 0 Å². The first-order valence-corrected chi connectivity index (χ1v) is 7.41. The summed E-state index contributed by atoms with van der Waals surface area (Å²) in [5.41, 5.74) is -0.504. The lowest BCUT2D eigenvalue weighted by molar-refractivity contribution is -0.128. The lowest BCUT2D eigenvalue weighted by Crippen LogP contribution is -2.41. The van der Waals surface area contributed by atoms with E-state index in [2.05, 4.69) is 10.6 Å². The molecule has 7 nitrogen and oxygen atoms in total. The van der Waals surface area contributed by atoms with Crippen molar-refractivity contribution in [1.82, 2.24) is 15.5 Å². The summed E-state index contributed by atoms with van der Waals surface area (Å²) in [5.74, 6) is 0.112. The fraction of sp³-hybridized carbons (Fsp3) is 0.857. The molecule has 1 atom stereocenters. The van der Waals surface area contributed by atoms with Crippen LogP contribution in [0.1, 0.15) is 33.6 Å². The first-order chi connectivity index (χ1) is 9.78. The molecule has 0 aliphatic carbocycles. The Kier molecular flexibility index (Phi) is 6.91. The molecule has 0 aromatic rings. The molecule has 0 aromatic heterocycles. The molecule has 1 saturated heterocycles. The lowest BCUT2D eigenvalue weighted by Gasteiger charge is -2.21. The predicted molar refractivity (Wildman–Crippen MR) is 78.9 cm³/mol. The van der Waals surface area contributed by atoms with Crippen molar-refractivity contribution in [2.24, 2.45) is 0 Å². The van der Waals surface area contributed by atoms with Crippen molar-refractivity contribution in [3.63, 3.8) is 0 Å². The number of carbonyl (C=O) groups is 2. The summed E-state index contributed by atoms with van der Waals surface area (Å²) in [4.78, 5) is 24.5. The number of alkyl carbamates (subject to hydrolysis) is 1. The van der Waals surface area contributed by atoms with Crippen molar-refractivity contribution in [1.29, 1.82) is 0 Å². The third kappa shape index (κ3) is 7.87. The number of nitrogens with one attached hydrogen (secondary N) is 2. The highest BCUT2D eigenvalue weighted by Crippen LogP contribution is 2.09. The van der Waals surface area contributed by atoms with Crippen LogP contribution in [0.2, 0.25) is 0 Å². The van der Waals surface area contributed by atoms with Crippen LogP contribution in [0.5, 0.6) is 0 Å². The molecule has 3 N–H and O–H groups in total. The van der Waals surface area contributed by atoms with Gasteiger partial charge in [0.05, 0.1) is 6.10 Å². The maximum atomic E-state index is 11.4. The smallest absolute Gasteiger partial charge is 0.407 e. The zero-order valence-corrected chi connectivity index (χ0v) is 13.1. The summed E-state index contributed by atoms with van der Waals surface area (Å²) in [6.07, 6.45) is 0.416. The Morgan fingerprint density at radius 3 is 2.71 bits per heavy atom. The van der Waals surface area contributed by atoms with E-state index < -0.39 is 17.8 Å². The SMILES string of the molecule is CC(C)(C)OC(=O)NCCNCC(O)CN1CCCC1=O. The maximum Gasteiger partial charge on any atom is 0.407 e. The van der Waals surface area contributed by atoms with Crippen LogP contribution in [-0.4, -0.2) is 66.4 Å². The van der Waals surface area contributed by atoms with Crippen LogP contribution in [-0.2, 0) is 9.53 Å². The van der Waals surface area contributed by atoms with Gasteiger partial charge in [0.15, 0.2) is 0 Å². The van der Waals surface area contributed by atoms with E-state index in [9.17, 15) is 14.7 Å². The molecule has 1 rings (SSSR count). The predicted octanol–water partition coefficient (Wildman–Crippen LogP) is 0.0840. The number of carbonyl (C=O) groups excluding carboxylic acids is 2. The van der Waals surface area contributed by atoms with E-state index in [4.69, 9.17) is 4.74 Å². The quantitative estimate of drug-likeness (QED) is 0.580. The van der Waals surface area contributed by atoms with Gasteiger partial charge in [0.2, 0.25) is 5.91 Å². The fourth-order valence-electron chi connectivity index (χ4n) is 2.05. The second kappa shape index (κ2) is 8.19. The van der Waals surface area contributed by atoms with Crippen molar-refractivity contribution in [2.45, 2.75) is 45.3 Å². The molecule has 21 heavy (non-hydrogen) atoms. The minimum atomic E-state index is -0.589. The van der Waals surface area contributed by atoms with Gasteiger partial charge in [0.25, 0.3) is 0 Å². The van der Waals surface area contributed by atoms with Gasteiger partial charge in [-0.05, 0) is 27.2 Å². The Bertz CT molecular complexity index is 355. The topological polar surface area (TPSA) is 90.9 Å². The molecule has 0 saturated carbocycles. The van der Waals surface area contributed by atoms with E-state index in [1.54, 1.807) is 25.7 Å². The number of aliphatic hydroxyl groups excluding tert-OH is 1. The largest absolute Gasteiger partial charge is 0.444 e. The summed E-state index contributed by atoms with van der Waals surface area (Å²) < 4.78 is 5.09. The molecule has 0 spiro atoms. The molecular formula is C14H27N3O4. The Hall–Kier alpha value is -1.34. The van der Waals surface area contributed by atoms with E-state index >= 15 is 0 Å². The van der Waals surface area contributed by atoms with Gasteiger partial charge in [-0.2, -0.15) is 0 Å². The molecule has 1 unspecified atom stereocenters. The first kappa shape index (κ1) is 17.7. The van der Waals surface area contributed by atoms with E-state index in [1.165, 1.54) is 0 Å². The summed E-state index contributed by atoms with van der Waals surface area (Å²) in [6.45, 7) is 7.86. The third-order valence-electron chi connectivity index (χ3n) is 2.95. The zero-order valence-electron chi connectivity index (χ0n) is 13.1. The van der Waals surface area contributed by atoms with Gasteiger partial charge in [0.1, 0.15) is 5.60 Å². The van der Waals surface area contributed by atoms with Crippen molar-refractivity contribution >= 4 is 12.0 Å². The van der Waals surface area contributed by atoms with E-state index in [1.807, 2.05) is 0 Å². The lowest BCUT2D eigenvalue weighted by atomic mass is 10.2. The fourth-order valence-corrected chi connectivity index (χ4v) is 2.05. The van der Waals surface area contributed by atoms with Crippen molar-refractivity contribution in [3.8, 4) is 0 Å². The monoisotopic (exact) mass is 301 g/mol. The molecule has 1 aliphatic rings. The molecule has 1 heterocycles. The van der Waals surface area contributed by atoms with Gasteiger partial charge in [0, 0.05) is 39.1 Å². The van der Waals surface area contributed by atoms with Crippen LogP contribution in [0.15, 0.2) is 0 Å². The zero-order chi connectivity index (χ0) is 15.9. The van der Waals surface area contributed by atoms with Gasteiger partial charge < -0.3 is 25.4 Å². The van der Waals surface area contributed by atoms with Crippen LogP contribution in [0.4, 0.5) is 4.79 Å². The molecule has 1 fully saturated rings. The van der Waals surface area contributed by atoms with Crippen molar-refractivity contribution in [3.05, 3.63) is 0 Å². The minimum Gasteiger partial charge on any atom is -0.444 e. The van der Waals surface area contributed by atoms with Crippen molar-refractivity contribution < 1.29 is 19.4 Å². The molecule has 0 aromatic carbocycles. The molecule has 7 heteroatoms. The van der Waals surface area contributed by atoms with E-state index in [-0.39, 0.29) is 5.91 Å². The van der Waals surface area contributed by atoms with Crippen LogP contribution in [0.3, 0.4) is 0 Å². The van der Waals surface area contributed by atoms with Gasteiger partial charge in [-0.1, -0.05) is 0 Å². The average Bonchev–Trinajstić information content (AvgIpc) is 2.72. The Morgan fingerprint density at radius 1 is 1.43 bits per heavy atom. The number of ether oxygens (including phenoxy) is 1. The van der Waals surface area contributed by atoms with Gasteiger partial charge >= 0.3 is 6.09 Å². The standard InChI is InChI=1S/C14H27N3O4/c1-14(2,3)21-13(20)16-7-6-15-9-11(18)10-17-8-4-5-12(17)19/h11,15,18H,4-10H2,1-3H3,(H,16,20). The molecular weight excluding hydrogens is 274 g/mol. The first-order valence-electron chi connectivity index (χ1n) is 7.41. The Labute approximate surface area is 126 Å². The number of rotatable bonds is 7. The molecule has 122 valence electrons.